The molecule has 1 aromatic rings. The van der Waals surface area contributed by atoms with Crippen LogP contribution >= 0.6 is 0 Å². The molecule has 1 aromatic carbocycles. The van der Waals surface area contributed by atoms with Gasteiger partial charge >= 0.3 is 0 Å². The fraction of sp³-hybridized carbons (Fsp3) is 0.625. The average Bonchev–Trinajstić information content (AvgIpc) is 2.90. The van der Waals surface area contributed by atoms with Gasteiger partial charge < -0.3 is 10.5 Å². The third-order valence-corrected chi connectivity index (χ3v) is 3.88. The molecule has 1 saturated carbocycles. The Morgan fingerprint density at radius 1 is 1.33 bits per heavy atom. The second-order valence-corrected chi connectivity index (χ2v) is 5.48. The minimum atomic E-state index is 0.259. The SMILES string of the molecule is CCC(N)Cc1cccc(OCC2CCCC2)c1. The fourth-order valence-corrected chi connectivity index (χ4v) is 2.60. The van der Waals surface area contributed by atoms with Crippen molar-refractivity contribution in [1.29, 1.82) is 0 Å². The molecule has 1 aliphatic carbocycles. The average molecular weight is 247 g/mol. The molecule has 0 aromatic heterocycles. The maximum atomic E-state index is 5.99. The van der Waals surface area contributed by atoms with E-state index in [0.717, 1.165) is 31.1 Å². The molecule has 100 valence electrons. The Labute approximate surface area is 111 Å². The van der Waals surface area contributed by atoms with E-state index in [1.54, 1.807) is 0 Å². The van der Waals surface area contributed by atoms with E-state index >= 15 is 0 Å². The number of hydrogen-bond donors (Lipinski definition) is 1. The van der Waals surface area contributed by atoms with Crippen molar-refractivity contribution < 1.29 is 4.74 Å². The molecule has 0 saturated heterocycles. The minimum Gasteiger partial charge on any atom is -0.493 e. The molecule has 1 atom stereocenters. The van der Waals surface area contributed by atoms with Gasteiger partial charge in [0.1, 0.15) is 5.75 Å². The normalized spacial score (nSPS) is 17.9. The van der Waals surface area contributed by atoms with Crippen LogP contribution in [0, 0.1) is 5.92 Å². The van der Waals surface area contributed by atoms with Gasteiger partial charge in [0.15, 0.2) is 0 Å². The second-order valence-electron chi connectivity index (χ2n) is 5.48. The van der Waals surface area contributed by atoms with Crippen molar-refractivity contribution in [2.45, 2.75) is 51.5 Å². The highest BCUT2D eigenvalue weighted by atomic mass is 16.5. The summed E-state index contributed by atoms with van der Waals surface area (Å²) in [7, 11) is 0. The van der Waals surface area contributed by atoms with Crippen LogP contribution in [0.4, 0.5) is 0 Å². The van der Waals surface area contributed by atoms with E-state index in [9.17, 15) is 0 Å². The highest BCUT2D eigenvalue weighted by Gasteiger charge is 2.15. The standard InChI is InChI=1S/C16H25NO/c1-2-15(17)10-14-8-5-9-16(11-14)18-12-13-6-3-4-7-13/h5,8-9,11,13,15H,2-4,6-7,10,12,17H2,1H3. The van der Waals surface area contributed by atoms with Crippen LogP contribution in [0.25, 0.3) is 0 Å². The van der Waals surface area contributed by atoms with Crippen LogP contribution in [0.5, 0.6) is 5.75 Å². The first kappa shape index (κ1) is 13.4. The van der Waals surface area contributed by atoms with Gasteiger partial charge in [-0.05, 0) is 49.3 Å². The molecule has 1 unspecified atom stereocenters. The second kappa shape index (κ2) is 6.79. The lowest BCUT2D eigenvalue weighted by Crippen LogP contribution is -2.21. The van der Waals surface area contributed by atoms with E-state index in [1.165, 1.54) is 31.2 Å². The summed E-state index contributed by atoms with van der Waals surface area (Å²) in [4.78, 5) is 0. The van der Waals surface area contributed by atoms with Crippen molar-refractivity contribution in [2.75, 3.05) is 6.61 Å². The first-order valence-electron chi connectivity index (χ1n) is 7.25. The van der Waals surface area contributed by atoms with Crippen molar-refractivity contribution in [2.24, 2.45) is 11.7 Å². The number of nitrogens with two attached hydrogens (primary N) is 1. The van der Waals surface area contributed by atoms with Gasteiger partial charge in [0.2, 0.25) is 0 Å². The summed E-state index contributed by atoms with van der Waals surface area (Å²) < 4.78 is 5.90. The number of rotatable bonds is 6. The summed E-state index contributed by atoms with van der Waals surface area (Å²) in [5.41, 5.74) is 7.27. The molecular weight excluding hydrogens is 222 g/mol. The van der Waals surface area contributed by atoms with Crippen molar-refractivity contribution in [3.63, 3.8) is 0 Å². The van der Waals surface area contributed by atoms with Gasteiger partial charge in [-0.1, -0.05) is 31.9 Å². The molecule has 2 N–H and O–H groups in total. The topological polar surface area (TPSA) is 35.2 Å². The Morgan fingerprint density at radius 2 is 2.11 bits per heavy atom. The first-order chi connectivity index (χ1) is 8.78. The molecule has 1 fully saturated rings. The Morgan fingerprint density at radius 3 is 2.83 bits per heavy atom. The van der Waals surface area contributed by atoms with Gasteiger partial charge in [0, 0.05) is 6.04 Å². The summed E-state index contributed by atoms with van der Waals surface area (Å²) in [5.74, 6) is 1.77. The molecule has 2 rings (SSSR count). The summed E-state index contributed by atoms with van der Waals surface area (Å²) in [6.07, 6.45) is 7.38. The molecule has 1 aliphatic rings. The summed E-state index contributed by atoms with van der Waals surface area (Å²) >= 11 is 0. The maximum Gasteiger partial charge on any atom is 0.119 e. The fourth-order valence-electron chi connectivity index (χ4n) is 2.60. The van der Waals surface area contributed by atoms with Gasteiger partial charge in [-0.2, -0.15) is 0 Å². The monoisotopic (exact) mass is 247 g/mol. The number of hydrogen-bond acceptors (Lipinski definition) is 2. The van der Waals surface area contributed by atoms with Crippen molar-refractivity contribution >= 4 is 0 Å². The number of ether oxygens (including phenoxy) is 1. The smallest absolute Gasteiger partial charge is 0.119 e. The van der Waals surface area contributed by atoms with Crippen molar-refractivity contribution in [3.8, 4) is 5.75 Å². The zero-order valence-corrected chi connectivity index (χ0v) is 11.4. The highest BCUT2D eigenvalue weighted by molar-refractivity contribution is 5.29. The molecule has 2 heteroatoms. The summed E-state index contributed by atoms with van der Waals surface area (Å²) in [6.45, 7) is 3.01. The Kier molecular flexibility index (Phi) is 5.06. The van der Waals surface area contributed by atoms with Gasteiger partial charge in [-0.3, -0.25) is 0 Å². The molecule has 2 nitrogen and oxygen atoms in total. The minimum absolute atomic E-state index is 0.259. The van der Waals surface area contributed by atoms with Crippen LogP contribution in [-0.4, -0.2) is 12.6 Å². The van der Waals surface area contributed by atoms with E-state index in [2.05, 4.69) is 31.2 Å². The molecule has 0 aliphatic heterocycles. The van der Waals surface area contributed by atoms with Gasteiger partial charge in [-0.15, -0.1) is 0 Å². The highest BCUT2D eigenvalue weighted by Crippen LogP contribution is 2.25. The van der Waals surface area contributed by atoms with E-state index < -0.39 is 0 Å². The molecular formula is C16H25NO. The summed E-state index contributed by atoms with van der Waals surface area (Å²) in [6, 6.07) is 8.66. The third kappa shape index (κ3) is 4.02. The third-order valence-electron chi connectivity index (χ3n) is 3.88. The maximum absolute atomic E-state index is 5.99. The van der Waals surface area contributed by atoms with Gasteiger partial charge in [0.05, 0.1) is 6.61 Å². The lowest BCUT2D eigenvalue weighted by molar-refractivity contribution is 0.252. The van der Waals surface area contributed by atoms with Gasteiger partial charge in [-0.25, -0.2) is 0 Å². The van der Waals surface area contributed by atoms with Crippen molar-refractivity contribution in [3.05, 3.63) is 29.8 Å². The molecule has 0 radical (unpaired) electrons. The lowest BCUT2D eigenvalue weighted by Gasteiger charge is -2.13. The zero-order chi connectivity index (χ0) is 12.8. The van der Waals surface area contributed by atoms with Crippen LogP contribution in [-0.2, 0) is 6.42 Å². The Hall–Kier alpha value is -1.02. The Balaban J connectivity index is 1.86. The van der Waals surface area contributed by atoms with Crippen molar-refractivity contribution in [1.82, 2.24) is 0 Å². The quantitative estimate of drug-likeness (QED) is 0.834. The van der Waals surface area contributed by atoms with Crippen LogP contribution in [0.1, 0.15) is 44.6 Å². The Bertz CT molecular complexity index is 358. The molecule has 18 heavy (non-hydrogen) atoms. The van der Waals surface area contributed by atoms with Crippen LogP contribution in [0.15, 0.2) is 24.3 Å². The predicted octanol–water partition coefficient (Wildman–Crippen LogP) is 3.54. The summed E-state index contributed by atoms with van der Waals surface area (Å²) in [5, 5.41) is 0. The molecule has 0 bridgehead atoms. The van der Waals surface area contributed by atoms with E-state index in [4.69, 9.17) is 10.5 Å². The van der Waals surface area contributed by atoms with Crippen LogP contribution in [0.3, 0.4) is 0 Å². The zero-order valence-electron chi connectivity index (χ0n) is 11.4. The van der Waals surface area contributed by atoms with E-state index in [0.29, 0.717) is 0 Å². The molecule has 0 amide bonds. The molecule has 0 heterocycles. The van der Waals surface area contributed by atoms with Crippen LogP contribution in [0.2, 0.25) is 0 Å². The largest absolute Gasteiger partial charge is 0.493 e. The van der Waals surface area contributed by atoms with E-state index in [1.807, 2.05) is 0 Å². The van der Waals surface area contributed by atoms with E-state index in [-0.39, 0.29) is 6.04 Å². The van der Waals surface area contributed by atoms with Gasteiger partial charge in [0.25, 0.3) is 0 Å². The number of benzene rings is 1. The first-order valence-corrected chi connectivity index (χ1v) is 7.25. The molecule has 0 spiro atoms. The van der Waals surface area contributed by atoms with Crippen LogP contribution < -0.4 is 10.5 Å². The predicted molar refractivity (Wildman–Crippen MR) is 75.9 cm³/mol. The lowest BCUT2D eigenvalue weighted by atomic mass is 10.0.